The molecule has 33 heavy (non-hydrogen) atoms. The van der Waals surface area contributed by atoms with Gasteiger partial charge in [-0.15, -0.1) is 0 Å². The van der Waals surface area contributed by atoms with E-state index in [2.05, 4.69) is 10.1 Å². The molecule has 0 aliphatic heterocycles. The van der Waals surface area contributed by atoms with Gasteiger partial charge in [0.1, 0.15) is 11.1 Å². The molecule has 0 N–H and O–H groups in total. The number of nitrogens with zero attached hydrogens (tertiary/aromatic N) is 4. The third-order valence-corrected chi connectivity index (χ3v) is 7.17. The van der Waals surface area contributed by atoms with Crippen molar-refractivity contribution in [1.82, 2.24) is 19.7 Å². The van der Waals surface area contributed by atoms with E-state index in [-0.39, 0.29) is 11.6 Å². The van der Waals surface area contributed by atoms with Crippen LogP contribution in [0.5, 0.6) is 0 Å². The predicted molar refractivity (Wildman–Crippen MR) is 128 cm³/mol. The van der Waals surface area contributed by atoms with Crippen LogP contribution in [0.4, 0.5) is 0 Å². The van der Waals surface area contributed by atoms with Crippen LogP contribution in [0.2, 0.25) is 5.02 Å². The monoisotopic (exact) mass is 478 g/mol. The Balaban J connectivity index is 1.37. The highest BCUT2D eigenvalue weighted by molar-refractivity contribution is 7.98. The van der Waals surface area contributed by atoms with Gasteiger partial charge in [0.2, 0.25) is 17.3 Å². The maximum atomic E-state index is 13.5. The number of halogens is 1. The summed E-state index contributed by atoms with van der Waals surface area (Å²) in [5.74, 6) is 1.37. The summed E-state index contributed by atoms with van der Waals surface area (Å²) >= 11 is 7.40. The predicted octanol–water partition coefficient (Wildman–Crippen LogP) is 6.25. The van der Waals surface area contributed by atoms with Crippen LogP contribution in [-0.4, -0.2) is 19.7 Å². The summed E-state index contributed by atoms with van der Waals surface area (Å²) in [4.78, 5) is 22.9. The Kier molecular flexibility index (Phi) is 5.19. The van der Waals surface area contributed by atoms with Gasteiger partial charge in [0, 0.05) is 22.0 Å². The van der Waals surface area contributed by atoms with Crippen molar-refractivity contribution < 1.29 is 8.94 Å². The van der Waals surface area contributed by atoms with Crippen molar-refractivity contribution in [2.75, 3.05) is 0 Å². The van der Waals surface area contributed by atoms with Crippen LogP contribution in [0.25, 0.3) is 33.5 Å². The van der Waals surface area contributed by atoms with Gasteiger partial charge in [0.15, 0.2) is 5.16 Å². The number of aromatic nitrogens is 4. The van der Waals surface area contributed by atoms with E-state index in [4.69, 9.17) is 25.5 Å². The second-order valence-electron chi connectivity index (χ2n) is 8.09. The van der Waals surface area contributed by atoms with Crippen molar-refractivity contribution in [3.05, 3.63) is 69.8 Å². The lowest BCUT2D eigenvalue weighted by Gasteiger charge is -2.17. The number of para-hydroxylation sites is 1. The summed E-state index contributed by atoms with van der Waals surface area (Å²) in [6.45, 7) is 0. The molecule has 3 aromatic heterocycles. The fourth-order valence-electron chi connectivity index (χ4n) is 4.38. The summed E-state index contributed by atoms with van der Waals surface area (Å²) < 4.78 is 13.2. The molecule has 2 aromatic carbocycles. The Hall–Kier alpha value is -3.10. The van der Waals surface area contributed by atoms with Crippen LogP contribution in [0.3, 0.4) is 0 Å². The molecule has 0 amide bonds. The topological polar surface area (TPSA) is 86.9 Å². The Morgan fingerprint density at radius 3 is 2.67 bits per heavy atom. The Morgan fingerprint density at radius 2 is 1.85 bits per heavy atom. The van der Waals surface area contributed by atoms with Gasteiger partial charge in [-0.25, -0.2) is 4.98 Å². The maximum Gasteiger partial charge on any atom is 0.298 e. The molecular formula is C24H19ClN4O3S. The van der Waals surface area contributed by atoms with Crippen molar-refractivity contribution in [3.8, 4) is 11.4 Å². The molecule has 7 nitrogen and oxygen atoms in total. The van der Waals surface area contributed by atoms with Crippen LogP contribution in [0.1, 0.15) is 37.6 Å². The summed E-state index contributed by atoms with van der Waals surface area (Å²) in [5.41, 5.74) is 2.28. The molecule has 166 valence electrons. The van der Waals surface area contributed by atoms with Gasteiger partial charge in [-0.2, -0.15) is 4.98 Å². The van der Waals surface area contributed by atoms with E-state index in [9.17, 15) is 4.79 Å². The summed E-state index contributed by atoms with van der Waals surface area (Å²) in [7, 11) is 0. The van der Waals surface area contributed by atoms with Crippen molar-refractivity contribution in [2.45, 2.75) is 42.6 Å². The van der Waals surface area contributed by atoms with E-state index in [0.717, 1.165) is 36.6 Å². The third-order valence-electron chi connectivity index (χ3n) is 5.98. The average molecular weight is 479 g/mol. The van der Waals surface area contributed by atoms with E-state index >= 15 is 0 Å². The number of fused-ring (bicyclic) bond motifs is 3. The number of hydrogen-bond donors (Lipinski definition) is 0. The van der Waals surface area contributed by atoms with Crippen LogP contribution in [0, 0.1) is 0 Å². The molecule has 1 aliphatic rings. The first-order valence-electron chi connectivity index (χ1n) is 10.8. The zero-order valence-corrected chi connectivity index (χ0v) is 19.1. The number of rotatable bonds is 5. The van der Waals surface area contributed by atoms with E-state index in [1.165, 1.54) is 11.8 Å². The zero-order valence-electron chi connectivity index (χ0n) is 17.5. The van der Waals surface area contributed by atoms with Crippen molar-refractivity contribution in [3.63, 3.8) is 0 Å². The molecule has 1 fully saturated rings. The van der Waals surface area contributed by atoms with Crippen LogP contribution >= 0.6 is 23.4 Å². The Bertz CT molecular complexity index is 1520. The normalized spacial score (nSPS) is 14.6. The van der Waals surface area contributed by atoms with E-state index < -0.39 is 0 Å². The molecule has 5 aromatic rings. The van der Waals surface area contributed by atoms with Crippen molar-refractivity contribution in [1.29, 1.82) is 0 Å². The number of furan rings is 1. The van der Waals surface area contributed by atoms with E-state index in [1.807, 2.05) is 36.4 Å². The molecule has 0 spiro atoms. The molecule has 0 bridgehead atoms. The minimum atomic E-state index is -0.127. The molecule has 3 heterocycles. The molecule has 6 rings (SSSR count). The fourth-order valence-corrected chi connectivity index (χ4v) is 5.40. The lowest BCUT2D eigenvalue weighted by atomic mass is 10.2. The van der Waals surface area contributed by atoms with Gasteiger partial charge in [-0.1, -0.05) is 53.5 Å². The molecule has 9 heteroatoms. The number of hydrogen-bond acceptors (Lipinski definition) is 7. The largest absolute Gasteiger partial charge is 0.448 e. The number of benzene rings is 2. The van der Waals surface area contributed by atoms with Gasteiger partial charge in [0.05, 0.1) is 5.75 Å². The highest BCUT2D eigenvalue weighted by Crippen LogP contribution is 2.35. The highest BCUT2D eigenvalue weighted by atomic mass is 35.5. The Morgan fingerprint density at radius 1 is 1.06 bits per heavy atom. The molecule has 0 unspecified atom stereocenters. The number of thioether (sulfide) groups is 1. The SMILES string of the molecule is O=c1c2oc3ccccc3c2nc(SCc2nc(-c3ccc(Cl)cc3)no2)n1C1CCCC1. The summed E-state index contributed by atoms with van der Waals surface area (Å²) in [6.07, 6.45) is 4.13. The zero-order chi connectivity index (χ0) is 22.4. The third kappa shape index (κ3) is 3.73. The fraction of sp³-hybridized carbons (Fsp3) is 0.250. The first-order chi connectivity index (χ1) is 16.2. The second kappa shape index (κ2) is 8.35. The Labute approximate surface area is 197 Å². The summed E-state index contributed by atoms with van der Waals surface area (Å²) in [6, 6.07) is 15.0. The van der Waals surface area contributed by atoms with Crippen LogP contribution in [-0.2, 0) is 5.75 Å². The summed E-state index contributed by atoms with van der Waals surface area (Å²) in [5, 5.41) is 6.22. The lowest BCUT2D eigenvalue weighted by Crippen LogP contribution is -2.26. The second-order valence-corrected chi connectivity index (χ2v) is 9.47. The smallest absolute Gasteiger partial charge is 0.298 e. The average Bonchev–Trinajstić information content (AvgIpc) is 3.58. The van der Waals surface area contributed by atoms with Gasteiger partial charge >= 0.3 is 0 Å². The van der Waals surface area contributed by atoms with E-state index in [1.54, 1.807) is 16.7 Å². The van der Waals surface area contributed by atoms with Crippen LogP contribution < -0.4 is 5.56 Å². The lowest BCUT2D eigenvalue weighted by molar-refractivity contribution is 0.391. The van der Waals surface area contributed by atoms with Crippen LogP contribution in [0.15, 0.2) is 67.4 Å². The molecule has 0 radical (unpaired) electrons. The highest BCUT2D eigenvalue weighted by Gasteiger charge is 2.25. The molecule has 1 saturated carbocycles. The minimum absolute atomic E-state index is 0.123. The van der Waals surface area contributed by atoms with Gasteiger partial charge in [0.25, 0.3) is 5.56 Å². The molecule has 0 atom stereocenters. The molecular weight excluding hydrogens is 460 g/mol. The maximum absolute atomic E-state index is 13.5. The first-order valence-corrected chi connectivity index (χ1v) is 12.2. The van der Waals surface area contributed by atoms with Gasteiger partial charge in [-0.05, 0) is 49.2 Å². The molecule has 0 saturated heterocycles. The first kappa shape index (κ1) is 20.5. The minimum Gasteiger partial charge on any atom is -0.448 e. The quantitative estimate of drug-likeness (QED) is 0.218. The van der Waals surface area contributed by atoms with Crippen molar-refractivity contribution in [2.24, 2.45) is 0 Å². The standard InChI is InChI=1S/C24H19ClN4O3S/c25-15-11-9-14(10-12-15)22-26-19(32-28-22)13-33-24-27-20-17-7-3-4-8-18(17)31-21(20)23(30)29(24)16-5-1-2-6-16/h3-4,7-12,16H,1-2,5-6,13H2. The van der Waals surface area contributed by atoms with Gasteiger partial charge in [-0.3, -0.25) is 9.36 Å². The van der Waals surface area contributed by atoms with Crippen molar-refractivity contribution >= 4 is 45.4 Å². The van der Waals surface area contributed by atoms with Gasteiger partial charge < -0.3 is 8.94 Å². The van der Waals surface area contributed by atoms with E-state index in [0.29, 0.717) is 44.3 Å². The molecule has 1 aliphatic carbocycles.